The highest BCUT2D eigenvalue weighted by Crippen LogP contribution is 2.55. The van der Waals surface area contributed by atoms with Gasteiger partial charge in [-0.05, 0) is 53.5 Å². The molecule has 1 atom stereocenters. The van der Waals surface area contributed by atoms with E-state index in [0.717, 1.165) is 6.42 Å². The Morgan fingerprint density at radius 2 is 1.44 bits per heavy atom. The van der Waals surface area contributed by atoms with E-state index in [1.165, 1.54) is 22.3 Å². The smallest absolute Gasteiger partial charge is 0.333 e. The molecule has 2 bridgehead atoms. The second-order valence-corrected chi connectivity index (χ2v) is 9.92. The van der Waals surface area contributed by atoms with E-state index in [0.29, 0.717) is 50.3 Å². The van der Waals surface area contributed by atoms with Gasteiger partial charge in [0.05, 0.1) is 0 Å². The lowest BCUT2D eigenvalue weighted by Crippen LogP contribution is -2.51. The molecule has 1 unspecified atom stereocenters. The summed E-state index contributed by atoms with van der Waals surface area (Å²) in [5.41, 5.74) is 10.7. The molecule has 2 aromatic carbocycles. The van der Waals surface area contributed by atoms with Crippen molar-refractivity contribution in [2.45, 2.75) is 31.1 Å². The Bertz CT molecular complexity index is 1210. The standard InChI is InChI=1S/C28H30N6O2/c35-26(18-10-14-34(15-11-18)27-29-12-5-13-30-27)32-33-28(36)31-17-19-16-24-20-6-1-3-8-22(20)25(19)23-9-4-2-7-21(23)24/h1-9,12-13,18-19,24-25H,10-11,14-17H2,(H,32,35)(H2,31,33,36). The Morgan fingerprint density at radius 1 is 0.833 bits per heavy atom. The number of urea groups is 1. The van der Waals surface area contributed by atoms with Crippen LogP contribution in [0, 0.1) is 11.8 Å². The number of benzene rings is 2. The second-order valence-electron chi connectivity index (χ2n) is 9.92. The molecule has 7 rings (SSSR count). The molecular formula is C28H30N6O2. The van der Waals surface area contributed by atoms with E-state index in [4.69, 9.17) is 0 Å². The van der Waals surface area contributed by atoms with Gasteiger partial charge in [-0.25, -0.2) is 20.2 Å². The summed E-state index contributed by atoms with van der Waals surface area (Å²) in [5, 5.41) is 3.00. The molecule has 1 saturated heterocycles. The van der Waals surface area contributed by atoms with Crippen LogP contribution in [0.2, 0.25) is 0 Å². The molecule has 3 aliphatic carbocycles. The number of piperidine rings is 1. The Balaban J connectivity index is 1.01. The number of fused-ring (bicyclic) bond motifs is 1. The average molecular weight is 483 g/mol. The first kappa shape index (κ1) is 22.5. The van der Waals surface area contributed by atoms with Crippen LogP contribution in [-0.2, 0) is 4.79 Å². The highest BCUT2D eigenvalue weighted by Gasteiger charge is 2.42. The van der Waals surface area contributed by atoms with E-state index in [2.05, 4.69) is 79.6 Å². The van der Waals surface area contributed by atoms with Crippen LogP contribution in [0.5, 0.6) is 0 Å². The summed E-state index contributed by atoms with van der Waals surface area (Å²) in [5.74, 6) is 1.34. The fraction of sp³-hybridized carbons (Fsp3) is 0.357. The average Bonchev–Trinajstić information content (AvgIpc) is 2.95. The van der Waals surface area contributed by atoms with Crippen molar-refractivity contribution in [3.05, 3.63) is 89.2 Å². The highest BCUT2D eigenvalue weighted by atomic mass is 16.2. The molecular weight excluding hydrogens is 452 g/mol. The summed E-state index contributed by atoms with van der Waals surface area (Å²) in [6, 6.07) is 18.8. The van der Waals surface area contributed by atoms with Crippen LogP contribution in [0.15, 0.2) is 67.0 Å². The maximum Gasteiger partial charge on any atom is 0.333 e. The molecule has 2 heterocycles. The third kappa shape index (κ3) is 4.17. The topological polar surface area (TPSA) is 99.2 Å². The number of amides is 3. The van der Waals surface area contributed by atoms with Gasteiger partial charge in [0.25, 0.3) is 0 Å². The van der Waals surface area contributed by atoms with Gasteiger partial charge in [0.1, 0.15) is 0 Å². The predicted octanol–water partition coefficient (Wildman–Crippen LogP) is 3.32. The molecule has 8 heteroatoms. The molecule has 0 radical (unpaired) electrons. The molecule has 0 saturated carbocycles. The van der Waals surface area contributed by atoms with Crippen LogP contribution in [0.4, 0.5) is 10.7 Å². The van der Waals surface area contributed by atoms with Gasteiger partial charge >= 0.3 is 6.03 Å². The molecule has 3 aromatic rings. The zero-order chi connectivity index (χ0) is 24.5. The quantitative estimate of drug-likeness (QED) is 0.496. The molecule has 184 valence electrons. The minimum atomic E-state index is -0.374. The molecule has 1 aromatic heterocycles. The number of carbonyl (C=O) groups is 2. The van der Waals surface area contributed by atoms with Crippen molar-refractivity contribution in [2.24, 2.45) is 11.8 Å². The van der Waals surface area contributed by atoms with E-state index in [-0.39, 0.29) is 23.8 Å². The SMILES string of the molecule is O=C(NCC1CC2c3ccccc3C1c1ccccc12)NNC(=O)C1CCN(c2ncccn2)CC1. The summed E-state index contributed by atoms with van der Waals surface area (Å²) >= 11 is 0. The van der Waals surface area contributed by atoms with Crippen molar-refractivity contribution in [3.63, 3.8) is 0 Å². The van der Waals surface area contributed by atoms with Crippen LogP contribution in [-0.4, -0.2) is 41.5 Å². The first-order valence-electron chi connectivity index (χ1n) is 12.7. The lowest BCUT2D eigenvalue weighted by Gasteiger charge is -2.45. The number of aromatic nitrogens is 2. The molecule has 1 fully saturated rings. The normalized spacial score (nSPS) is 22.3. The summed E-state index contributed by atoms with van der Waals surface area (Å²) in [6.07, 6.45) is 5.84. The third-order valence-electron chi connectivity index (χ3n) is 7.95. The first-order valence-corrected chi connectivity index (χ1v) is 12.7. The lowest BCUT2D eigenvalue weighted by atomic mass is 9.59. The van der Waals surface area contributed by atoms with Crippen molar-refractivity contribution in [1.29, 1.82) is 0 Å². The first-order chi connectivity index (χ1) is 17.7. The van der Waals surface area contributed by atoms with Gasteiger partial charge in [-0.15, -0.1) is 0 Å². The maximum atomic E-state index is 12.6. The molecule has 3 N–H and O–H groups in total. The zero-order valence-corrected chi connectivity index (χ0v) is 20.1. The Kier molecular flexibility index (Phi) is 6.01. The van der Waals surface area contributed by atoms with Crippen LogP contribution in [0.3, 0.4) is 0 Å². The molecule has 0 spiro atoms. The van der Waals surface area contributed by atoms with Gasteiger partial charge in [0, 0.05) is 49.8 Å². The van der Waals surface area contributed by atoms with Crippen molar-refractivity contribution in [1.82, 2.24) is 26.1 Å². The highest BCUT2D eigenvalue weighted by molar-refractivity contribution is 5.82. The monoisotopic (exact) mass is 482 g/mol. The Morgan fingerprint density at radius 3 is 2.08 bits per heavy atom. The van der Waals surface area contributed by atoms with Crippen LogP contribution in [0.1, 0.15) is 53.4 Å². The largest absolute Gasteiger partial charge is 0.341 e. The number of hydrogen-bond donors (Lipinski definition) is 3. The number of anilines is 1. The van der Waals surface area contributed by atoms with E-state index < -0.39 is 0 Å². The minimum absolute atomic E-state index is 0.146. The molecule has 3 amide bonds. The Labute approximate surface area is 210 Å². The van der Waals surface area contributed by atoms with Crippen molar-refractivity contribution in [2.75, 3.05) is 24.5 Å². The van der Waals surface area contributed by atoms with Gasteiger partial charge in [-0.2, -0.15) is 0 Å². The molecule has 4 aliphatic rings. The van der Waals surface area contributed by atoms with Gasteiger partial charge in [0.2, 0.25) is 11.9 Å². The van der Waals surface area contributed by atoms with E-state index in [1.54, 1.807) is 18.5 Å². The van der Waals surface area contributed by atoms with Crippen LogP contribution in [0.25, 0.3) is 0 Å². The summed E-state index contributed by atoms with van der Waals surface area (Å²) in [6.45, 7) is 1.98. The van der Waals surface area contributed by atoms with Gasteiger partial charge in [-0.1, -0.05) is 48.5 Å². The van der Waals surface area contributed by atoms with Gasteiger partial charge < -0.3 is 10.2 Å². The molecule has 8 nitrogen and oxygen atoms in total. The number of rotatable bonds is 4. The summed E-state index contributed by atoms with van der Waals surface area (Å²) in [4.78, 5) is 35.8. The molecule has 36 heavy (non-hydrogen) atoms. The summed E-state index contributed by atoms with van der Waals surface area (Å²) < 4.78 is 0. The second kappa shape index (κ2) is 9.60. The third-order valence-corrected chi connectivity index (χ3v) is 7.95. The van der Waals surface area contributed by atoms with Gasteiger partial charge in [-0.3, -0.25) is 10.2 Å². The fourth-order valence-electron chi connectivity index (χ4n) is 6.24. The fourth-order valence-corrected chi connectivity index (χ4v) is 6.24. The van der Waals surface area contributed by atoms with Crippen molar-refractivity contribution >= 4 is 17.9 Å². The van der Waals surface area contributed by atoms with Crippen LogP contribution >= 0.6 is 0 Å². The lowest BCUT2D eigenvalue weighted by molar-refractivity contribution is -0.126. The Hall–Kier alpha value is -3.94. The molecule has 1 aliphatic heterocycles. The van der Waals surface area contributed by atoms with Crippen molar-refractivity contribution < 1.29 is 9.59 Å². The van der Waals surface area contributed by atoms with E-state index >= 15 is 0 Å². The minimum Gasteiger partial charge on any atom is -0.341 e. The number of hydrazine groups is 1. The van der Waals surface area contributed by atoms with Crippen molar-refractivity contribution in [3.8, 4) is 0 Å². The number of carbonyl (C=O) groups excluding carboxylic acids is 2. The summed E-state index contributed by atoms with van der Waals surface area (Å²) in [7, 11) is 0. The number of hydrogen-bond acceptors (Lipinski definition) is 5. The predicted molar refractivity (Wildman–Crippen MR) is 136 cm³/mol. The zero-order valence-electron chi connectivity index (χ0n) is 20.1. The number of nitrogens with one attached hydrogen (secondary N) is 3. The van der Waals surface area contributed by atoms with Crippen LogP contribution < -0.4 is 21.1 Å². The number of nitrogens with zero attached hydrogens (tertiary/aromatic N) is 3. The van der Waals surface area contributed by atoms with E-state index in [9.17, 15) is 9.59 Å². The van der Waals surface area contributed by atoms with Gasteiger partial charge in [0.15, 0.2) is 0 Å². The van der Waals surface area contributed by atoms with E-state index in [1.807, 2.05) is 0 Å². The maximum absolute atomic E-state index is 12.6.